The minimum absolute atomic E-state index is 0.0200. The predicted molar refractivity (Wildman–Crippen MR) is 119 cm³/mol. The van der Waals surface area contributed by atoms with Crippen molar-refractivity contribution in [2.75, 3.05) is 11.9 Å². The van der Waals surface area contributed by atoms with Crippen molar-refractivity contribution in [2.45, 2.75) is 64.2 Å². The minimum atomic E-state index is -3.31. The lowest BCUT2D eigenvalue weighted by Crippen LogP contribution is -2.46. The zero-order chi connectivity index (χ0) is 21.8. The van der Waals surface area contributed by atoms with Crippen LogP contribution in [0.1, 0.15) is 52.1 Å². The summed E-state index contributed by atoms with van der Waals surface area (Å²) in [4.78, 5) is 8.92. The number of rotatable bonds is 7. The monoisotopic (exact) mass is 432 g/mol. The normalized spacial score (nSPS) is 20.0. The molecule has 1 aliphatic carbocycles. The molecule has 7 nitrogen and oxygen atoms in total. The van der Waals surface area contributed by atoms with Gasteiger partial charge in [-0.05, 0) is 71.4 Å². The van der Waals surface area contributed by atoms with Gasteiger partial charge in [-0.15, -0.1) is 0 Å². The molecule has 2 aromatic rings. The number of ether oxygens (including phenoxy) is 1. The van der Waals surface area contributed by atoms with Gasteiger partial charge in [0.15, 0.2) is 0 Å². The van der Waals surface area contributed by atoms with Crippen LogP contribution in [0.25, 0.3) is 0 Å². The zero-order valence-corrected chi connectivity index (χ0v) is 19.0. The van der Waals surface area contributed by atoms with Crippen LogP contribution in [0.5, 0.6) is 11.6 Å². The van der Waals surface area contributed by atoms with Crippen LogP contribution in [-0.2, 0) is 10.0 Å². The summed E-state index contributed by atoms with van der Waals surface area (Å²) in [5, 5.41) is 3.33. The largest absolute Gasteiger partial charge is 0.439 e. The molecular weight excluding hydrogens is 400 g/mol. The molecule has 1 aliphatic rings. The summed E-state index contributed by atoms with van der Waals surface area (Å²) in [5.41, 5.74) is 0.832. The Labute approximate surface area is 179 Å². The number of nitrogens with one attached hydrogen (secondary N) is 2. The van der Waals surface area contributed by atoms with E-state index >= 15 is 0 Å². The molecule has 2 N–H and O–H groups in total. The van der Waals surface area contributed by atoms with E-state index in [4.69, 9.17) is 4.74 Å². The van der Waals surface area contributed by atoms with E-state index < -0.39 is 14.8 Å². The molecule has 164 valence electrons. The molecule has 0 saturated heterocycles. The van der Waals surface area contributed by atoms with Crippen molar-refractivity contribution >= 4 is 16.0 Å². The Kier molecular flexibility index (Phi) is 6.98. The van der Waals surface area contributed by atoms with Crippen LogP contribution >= 0.6 is 0 Å². The summed E-state index contributed by atoms with van der Waals surface area (Å²) < 4.78 is 32.6. The molecule has 1 saturated carbocycles. The van der Waals surface area contributed by atoms with Crippen molar-refractivity contribution in [1.82, 2.24) is 14.7 Å². The lowest BCUT2D eigenvalue weighted by molar-refractivity contribution is 0.322. The van der Waals surface area contributed by atoms with Gasteiger partial charge in [0, 0.05) is 24.3 Å². The lowest BCUT2D eigenvalue weighted by Gasteiger charge is -2.31. The third-order valence-electron chi connectivity index (χ3n) is 5.32. The maximum Gasteiger partial charge on any atom is 0.226 e. The van der Waals surface area contributed by atoms with Crippen molar-refractivity contribution < 1.29 is 13.2 Å². The van der Waals surface area contributed by atoms with Crippen LogP contribution in [0.2, 0.25) is 0 Å². The van der Waals surface area contributed by atoms with Gasteiger partial charge in [-0.2, -0.15) is 4.98 Å². The van der Waals surface area contributed by atoms with Crippen LogP contribution < -0.4 is 14.8 Å². The smallest absolute Gasteiger partial charge is 0.226 e. The first-order valence-electron chi connectivity index (χ1n) is 10.5. The van der Waals surface area contributed by atoms with Gasteiger partial charge in [0.25, 0.3) is 0 Å². The Hall–Kier alpha value is -2.19. The van der Waals surface area contributed by atoms with Gasteiger partial charge < -0.3 is 10.1 Å². The minimum Gasteiger partial charge on any atom is -0.439 e. The Morgan fingerprint density at radius 2 is 1.73 bits per heavy atom. The van der Waals surface area contributed by atoms with Crippen LogP contribution in [0.15, 0.2) is 36.4 Å². The number of aromatic nitrogens is 2. The molecule has 0 spiro atoms. The summed E-state index contributed by atoms with van der Waals surface area (Å²) in [6.07, 6.45) is 3.62. The van der Waals surface area contributed by atoms with E-state index in [0.717, 1.165) is 43.7 Å². The molecule has 1 aromatic carbocycles. The molecule has 30 heavy (non-hydrogen) atoms. The standard InChI is InChI=1S/C22H32N4O3S/c1-16-14-20(29-19-8-6-5-7-9-19)25-21(24-16)23-15-17-10-12-18(13-11-17)26-30(27,28)22(2,3)4/h5-9,14,17-18,26H,10-13,15H2,1-4H3,(H,23,24,25)/t17-,18-. The molecular formula is C22H32N4O3S. The highest BCUT2D eigenvalue weighted by Crippen LogP contribution is 2.27. The van der Waals surface area contributed by atoms with Crippen LogP contribution in [0.4, 0.5) is 5.95 Å². The Morgan fingerprint density at radius 3 is 2.37 bits per heavy atom. The van der Waals surface area contributed by atoms with E-state index in [0.29, 0.717) is 17.7 Å². The van der Waals surface area contributed by atoms with E-state index in [9.17, 15) is 8.42 Å². The summed E-state index contributed by atoms with van der Waals surface area (Å²) in [6.45, 7) is 7.84. The van der Waals surface area contributed by atoms with Gasteiger partial charge in [-0.25, -0.2) is 18.1 Å². The number of sulfonamides is 1. The highest BCUT2D eigenvalue weighted by Gasteiger charge is 2.32. The average Bonchev–Trinajstić information content (AvgIpc) is 2.67. The molecule has 1 aromatic heterocycles. The maximum atomic E-state index is 12.4. The van der Waals surface area contributed by atoms with E-state index in [1.54, 1.807) is 20.8 Å². The SMILES string of the molecule is Cc1cc(Oc2ccccc2)nc(NC[C@H]2CC[C@H](NS(=O)(=O)C(C)(C)C)CC2)n1. The summed E-state index contributed by atoms with van der Waals surface area (Å²) in [6, 6.07) is 11.4. The van der Waals surface area contributed by atoms with Gasteiger partial charge in [0.1, 0.15) is 5.75 Å². The van der Waals surface area contributed by atoms with E-state index in [2.05, 4.69) is 20.0 Å². The van der Waals surface area contributed by atoms with Crippen LogP contribution in [0.3, 0.4) is 0 Å². The van der Waals surface area contributed by atoms with E-state index in [1.165, 1.54) is 0 Å². The fourth-order valence-electron chi connectivity index (χ4n) is 3.40. The molecule has 0 aliphatic heterocycles. The third-order valence-corrected chi connectivity index (χ3v) is 7.58. The van der Waals surface area contributed by atoms with Gasteiger partial charge in [-0.3, -0.25) is 0 Å². The molecule has 3 rings (SSSR count). The van der Waals surface area contributed by atoms with E-state index in [-0.39, 0.29) is 6.04 Å². The van der Waals surface area contributed by atoms with Crippen molar-refractivity contribution in [3.63, 3.8) is 0 Å². The van der Waals surface area contributed by atoms with Crippen LogP contribution in [0, 0.1) is 12.8 Å². The van der Waals surface area contributed by atoms with E-state index in [1.807, 2.05) is 43.3 Å². The topological polar surface area (TPSA) is 93.2 Å². The third kappa shape index (κ3) is 6.15. The number of anilines is 1. The first kappa shape index (κ1) is 22.5. The zero-order valence-electron chi connectivity index (χ0n) is 18.2. The quantitative estimate of drug-likeness (QED) is 0.679. The second-order valence-electron chi connectivity index (χ2n) is 8.92. The fourth-order valence-corrected chi connectivity index (χ4v) is 4.42. The first-order chi connectivity index (χ1) is 14.1. The number of aryl methyl sites for hydroxylation is 1. The van der Waals surface area contributed by atoms with Gasteiger partial charge >= 0.3 is 0 Å². The predicted octanol–water partition coefficient (Wildman–Crippen LogP) is 4.27. The molecule has 0 unspecified atom stereocenters. The molecule has 0 atom stereocenters. The van der Waals surface area contributed by atoms with Crippen molar-refractivity contribution in [3.05, 3.63) is 42.1 Å². The molecule has 8 heteroatoms. The van der Waals surface area contributed by atoms with Crippen molar-refractivity contribution in [1.29, 1.82) is 0 Å². The average molecular weight is 433 g/mol. The highest BCUT2D eigenvalue weighted by atomic mass is 32.2. The summed E-state index contributed by atoms with van der Waals surface area (Å²) in [5.74, 6) is 2.26. The molecule has 0 bridgehead atoms. The van der Waals surface area contributed by atoms with Gasteiger partial charge in [-0.1, -0.05) is 18.2 Å². The molecule has 0 radical (unpaired) electrons. The van der Waals surface area contributed by atoms with Gasteiger partial charge in [0.2, 0.25) is 21.9 Å². The first-order valence-corrected chi connectivity index (χ1v) is 11.9. The Balaban J connectivity index is 1.51. The number of benzene rings is 1. The Bertz CT molecular complexity index is 935. The highest BCUT2D eigenvalue weighted by molar-refractivity contribution is 7.90. The number of para-hydroxylation sites is 1. The van der Waals surface area contributed by atoms with Crippen LogP contribution in [-0.4, -0.2) is 35.7 Å². The summed E-state index contributed by atoms with van der Waals surface area (Å²) in [7, 11) is -3.31. The maximum absolute atomic E-state index is 12.4. The second kappa shape index (κ2) is 9.31. The Morgan fingerprint density at radius 1 is 1.07 bits per heavy atom. The molecule has 0 amide bonds. The number of hydrogen-bond donors (Lipinski definition) is 2. The number of nitrogens with zero attached hydrogens (tertiary/aromatic N) is 2. The van der Waals surface area contributed by atoms with Gasteiger partial charge in [0.05, 0.1) is 4.75 Å². The molecule has 1 heterocycles. The number of hydrogen-bond acceptors (Lipinski definition) is 6. The summed E-state index contributed by atoms with van der Waals surface area (Å²) >= 11 is 0. The lowest BCUT2D eigenvalue weighted by atomic mass is 9.86. The second-order valence-corrected chi connectivity index (χ2v) is 11.4. The fraction of sp³-hybridized carbons (Fsp3) is 0.545. The van der Waals surface area contributed by atoms with Crippen molar-refractivity contribution in [3.8, 4) is 11.6 Å². The van der Waals surface area contributed by atoms with Crippen molar-refractivity contribution in [2.24, 2.45) is 5.92 Å². The molecule has 1 fully saturated rings.